The summed E-state index contributed by atoms with van der Waals surface area (Å²) in [7, 11) is 0. The molecule has 0 spiro atoms. The lowest BCUT2D eigenvalue weighted by Gasteiger charge is -1.94. The summed E-state index contributed by atoms with van der Waals surface area (Å²) >= 11 is 1.61. The molecule has 0 amide bonds. The van der Waals surface area contributed by atoms with Crippen LogP contribution < -0.4 is 5.73 Å². The van der Waals surface area contributed by atoms with E-state index in [1.54, 1.807) is 11.3 Å². The van der Waals surface area contributed by atoms with Crippen molar-refractivity contribution in [2.24, 2.45) is 0 Å². The Labute approximate surface area is 123 Å². The molecule has 0 saturated heterocycles. The number of rotatable bonds is 2. The molecule has 0 bridgehead atoms. The second-order valence-corrected chi connectivity index (χ2v) is 6.38. The smallest absolute Gasteiger partial charge is 0.213 e. The molecule has 1 aliphatic rings. The van der Waals surface area contributed by atoms with Gasteiger partial charge in [0, 0.05) is 5.92 Å². The zero-order valence-electron chi connectivity index (χ0n) is 11.1. The normalized spacial score (nSPS) is 15.2. The first-order valence-corrected chi connectivity index (χ1v) is 7.71. The lowest BCUT2D eigenvalue weighted by atomic mass is 10.2. The molecule has 7 heteroatoms. The molecule has 0 atom stereocenters. The molecule has 21 heavy (non-hydrogen) atoms. The standard InChI is InChI=1S/C14H12N6S/c15-12-10-11(7-5-6-7)19-20(13(10)18-17-12)14-16-8-3-1-2-4-9(8)21-14/h1-4,7H,5-6H2,(H3,15,17,18). The van der Waals surface area contributed by atoms with E-state index in [0.717, 1.165) is 32.1 Å². The number of hydrogen-bond donors (Lipinski definition) is 2. The molecule has 4 aromatic rings. The van der Waals surface area contributed by atoms with Crippen LogP contribution in [0.1, 0.15) is 24.5 Å². The number of anilines is 1. The molecule has 5 rings (SSSR count). The fourth-order valence-electron chi connectivity index (χ4n) is 2.68. The average molecular weight is 296 g/mol. The Morgan fingerprint density at radius 1 is 1.29 bits per heavy atom. The van der Waals surface area contributed by atoms with Crippen molar-refractivity contribution in [3.63, 3.8) is 0 Å². The zero-order valence-corrected chi connectivity index (χ0v) is 11.9. The summed E-state index contributed by atoms with van der Waals surface area (Å²) in [5, 5.41) is 13.7. The Hall–Kier alpha value is -2.41. The largest absolute Gasteiger partial charge is 0.383 e. The van der Waals surface area contributed by atoms with Crippen molar-refractivity contribution < 1.29 is 0 Å². The van der Waals surface area contributed by atoms with Gasteiger partial charge in [-0.1, -0.05) is 23.5 Å². The van der Waals surface area contributed by atoms with E-state index in [4.69, 9.17) is 10.8 Å². The topological polar surface area (TPSA) is 85.4 Å². The Balaban J connectivity index is 1.80. The number of hydrogen-bond acceptors (Lipinski definition) is 5. The van der Waals surface area contributed by atoms with Crippen LogP contribution in [-0.2, 0) is 0 Å². The second kappa shape index (κ2) is 3.82. The quantitative estimate of drug-likeness (QED) is 0.595. The number of aromatic nitrogens is 5. The maximum Gasteiger partial charge on any atom is 0.213 e. The van der Waals surface area contributed by atoms with Gasteiger partial charge in [0.15, 0.2) is 5.65 Å². The van der Waals surface area contributed by atoms with Crippen LogP contribution in [0.3, 0.4) is 0 Å². The number of nitrogens with two attached hydrogens (primary N) is 1. The first kappa shape index (κ1) is 11.3. The number of aromatic amines is 1. The molecular formula is C14H12N6S. The van der Waals surface area contributed by atoms with E-state index in [-0.39, 0.29) is 0 Å². The maximum atomic E-state index is 6.02. The highest BCUT2D eigenvalue weighted by Gasteiger charge is 2.32. The van der Waals surface area contributed by atoms with Gasteiger partial charge in [-0.2, -0.15) is 14.9 Å². The molecule has 0 radical (unpaired) electrons. The van der Waals surface area contributed by atoms with Gasteiger partial charge in [0.25, 0.3) is 0 Å². The van der Waals surface area contributed by atoms with E-state index in [1.807, 2.05) is 22.9 Å². The molecule has 1 aromatic carbocycles. The third-order valence-corrected chi connectivity index (χ3v) is 4.88. The highest BCUT2D eigenvalue weighted by Crippen LogP contribution is 2.44. The van der Waals surface area contributed by atoms with Crippen LogP contribution in [-0.4, -0.2) is 25.0 Å². The summed E-state index contributed by atoms with van der Waals surface area (Å²) in [5.41, 5.74) is 8.83. The minimum Gasteiger partial charge on any atom is -0.383 e. The van der Waals surface area contributed by atoms with Gasteiger partial charge in [0.05, 0.1) is 21.3 Å². The number of nitrogens with one attached hydrogen (secondary N) is 1. The molecule has 3 heterocycles. The molecule has 1 fully saturated rings. The van der Waals surface area contributed by atoms with E-state index in [9.17, 15) is 0 Å². The number of H-pyrrole nitrogens is 1. The first-order chi connectivity index (χ1) is 10.3. The van der Waals surface area contributed by atoms with Crippen LogP contribution in [0.5, 0.6) is 0 Å². The summed E-state index contributed by atoms with van der Waals surface area (Å²) in [6.45, 7) is 0. The summed E-state index contributed by atoms with van der Waals surface area (Å²) in [6.07, 6.45) is 2.35. The minimum absolute atomic E-state index is 0.517. The lowest BCUT2D eigenvalue weighted by Crippen LogP contribution is -1.97. The van der Waals surface area contributed by atoms with Crippen LogP contribution in [0.25, 0.3) is 26.4 Å². The maximum absolute atomic E-state index is 6.02. The summed E-state index contributed by atoms with van der Waals surface area (Å²) < 4.78 is 2.97. The summed E-state index contributed by atoms with van der Waals surface area (Å²) in [6, 6.07) is 8.09. The zero-order chi connectivity index (χ0) is 14.0. The Kier molecular flexibility index (Phi) is 2.05. The molecular weight excluding hydrogens is 284 g/mol. The Morgan fingerprint density at radius 3 is 2.95 bits per heavy atom. The third-order valence-electron chi connectivity index (χ3n) is 3.87. The highest BCUT2D eigenvalue weighted by molar-refractivity contribution is 7.20. The van der Waals surface area contributed by atoms with Crippen molar-refractivity contribution >= 4 is 38.4 Å². The number of nitrogens with zero attached hydrogens (tertiary/aromatic N) is 4. The highest BCUT2D eigenvalue weighted by atomic mass is 32.1. The van der Waals surface area contributed by atoms with Crippen molar-refractivity contribution in [3.05, 3.63) is 30.0 Å². The monoisotopic (exact) mass is 296 g/mol. The summed E-state index contributed by atoms with van der Waals surface area (Å²) in [4.78, 5) is 4.66. The number of nitrogen functional groups attached to an aromatic ring is 1. The van der Waals surface area contributed by atoms with Gasteiger partial charge < -0.3 is 5.73 Å². The Bertz CT molecular complexity index is 941. The number of fused-ring (bicyclic) bond motifs is 2. The minimum atomic E-state index is 0.517. The molecule has 3 N–H and O–H groups in total. The fourth-order valence-corrected chi connectivity index (χ4v) is 3.60. The van der Waals surface area contributed by atoms with Crippen molar-refractivity contribution in [2.45, 2.75) is 18.8 Å². The van der Waals surface area contributed by atoms with Crippen LogP contribution in [0.15, 0.2) is 24.3 Å². The molecule has 1 saturated carbocycles. The van der Waals surface area contributed by atoms with E-state index in [2.05, 4.69) is 21.2 Å². The van der Waals surface area contributed by atoms with Crippen LogP contribution in [0.2, 0.25) is 0 Å². The van der Waals surface area contributed by atoms with E-state index in [1.165, 1.54) is 12.8 Å². The van der Waals surface area contributed by atoms with E-state index in [0.29, 0.717) is 11.7 Å². The van der Waals surface area contributed by atoms with Crippen molar-refractivity contribution in [1.82, 2.24) is 25.0 Å². The summed E-state index contributed by atoms with van der Waals surface area (Å²) in [5.74, 6) is 1.11. The van der Waals surface area contributed by atoms with Gasteiger partial charge in [-0.3, -0.25) is 5.10 Å². The van der Waals surface area contributed by atoms with Crippen LogP contribution >= 0.6 is 11.3 Å². The SMILES string of the molecule is Nc1[nH]nc2c1c(C1CC1)nn2-c1nc2ccccc2s1. The predicted octanol–water partition coefficient (Wildman–Crippen LogP) is 2.82. The molecule has 0 aliphatic heterocycles. The molecule has 3 aromatic heterocycles. The average Bonchev–Trinajstić information content (AvgIpc) is 2.97. The van der Waals surface area contributed by atoms with Gasteiger partial charge >= 0.3 is 0 Å². The van der Waals surface area contributed by atoms with Gasteiger partial charge in [-0.25, -0.2) is 4.98 Å². The van der Waals surface area contributed by atoms with Gasteiger partial charge in [-0.15, -0.1) is 0 Å². The second-order valence-electron chi connectivity index (χ2n) is 5.37. The van der Waals surface area contributed by atoms with Crippen LogP contribution in [0, 0.1) is 0 Å². The number of benzene rings is 1. The first-order valence-electron chi connectivity index (χ1n) is 6.89. The molecule has 1 aliphatic carbocycles. The van der Waals surface area contributed by atoms with Crippen molar-refractivity contribution in [3.8, 4) is 5.13 Å². The Morgan fingerprint density at radius 2 is 2.14 bits per heavy atom. The van der Waals surface area contributed by atoms with E-state index < -0.39 is 0 Å². The number of para-hydroxylation sites is 1. The predicted molar refractivity (Wildman–Crippen MR) is 82.8 cm³/mol. The van der Waals surface area contributed by atoms with Crippen molar-refractivity contribution in [2.75, 3.05) is 5.73 Å². The third kappa shape index (κ3) is 1.55. The van der Waals surface area contributed by atoms with Gasteiger partial charge in [0.2, 0.25) is 5.13 Å². The molecule has 0 unspecified atom stereocenters. The van der Waals surface area contributed by atoms with Gasteiger partial charge in [-0.05, 0) is 25.0 Å². The molecule has 104 valence electrons. The fraction of sp³-hybridized carbons (Fsp3) is 0.214. The van der Waals surface area contributed by atoms with E-state index >= 15 is 0 Å². The number of thiazole rings is 1. The van der Waals surface area contributed by atoms with Gasteiger partial charge in [0.1, 0.15) is 5.82 Å². The lowest BCUT2D eigenvalue weighted by molar-refractivity contribution is 0.835. The van der Waals surface area contributed by atoms with Crippen molar-refractivity contribution in [1.29, 1.82) is 0 Å². The van der Waals surface area contributed by atoms with Crippen LogP contribution in [0.4, 0.5) is 5.82 Å². The molecule has 6 nitrogen and oxygen atoms in total.